The van der Waals surface area contributed by atoms with Crippen LogP contribution in [0.15, 0.2) is 29.2 Å². The van der Waals surface area contributed by atoms with E-state index in [4.69, 9.17) is 4.74 Å². The van der Waals surface area contributed by atoms with Crippen LogP contribution >= 0.6 is 24.4 Å². The van der Waals surface area contributed by atoms with Crippen molar-refractivity contribution in [3.8, 4) is 5.75 Å². The summed E-state index contributed by atoms with van der Waals surface area (Å²) in [5.74, 6) is 1.83. The Bertz CT molecular complexity index is 309. The summed E-state index contributed by atoms with van der Waals surface area (Å²) in [6, 6.07) is 8.28. The van der Waals surface area contributed by atoms with Crippen molar-refractivity contribution in [1.82, 2.24) is 0 Å². The molecule has 0 spiro atoms. The maximum absolute atomic E-state index is 5.89. The summed E-state index contributed by atoms with van der Waals surface area (Å²) in [5, 5.41) is 0. The molecule has 1 rings (SSSR count). The Kier molecular flexibility index (Phi) is 6.28. The van der Waals surface area contributed by atoms with Crippen LogP contribution < -0.4 is 4.74 Å². The Hall–Kier alpha value is -0.280. The van der Waals surface area contributed by atoms with E-state index < -0.39 is 0 Å². The quantitative estimate of drug-likeness (QED) is 0.576. The minimum atomic E-state index is 0.210. The average molecular weight is 270 g/mol. The van der Waals surface area contributed by atoms with Crippen molar-refractivity contribution < 1.29 is 4.74 Å². The average Bonchev–Trinajstić information content (AvgIpc) is 2.41. The molecule has 0 aliphatic rings. The number of hydrogen-bond donors (Lipinski definition) is 1. The van der Waals surface area contributed by atoms with E-state index in [0.717, 1.165) is 31.0 Å². The number of hydrogen-bond acceptors (Lipinski definition) is 3. The highest BCUT2D eigenvalue weighted by Gasteiger charge is 2.25. The molecule has 0 bridgehead atoms. The summed E-state index contributed by atoms with van der Waals surface area (Å²) in [4.78, 5) is 1.27. The third-order valence-electron chi connectivity index (χ3n) is 3.44. The second kappa shape index (κ2) is 7.22. The van der Waals surface area contributed by atoms with Crippen LogP contribution in [0.1, 0.15) is 26.7 Å². The number of benzene rings is 1. The van der Waals surface area contributed by atoms with Gasteiger partial charge in [-0.1, -0.05) is 13.8 Å². The summed E-state index contributed by atoms with van der Waals surface area (Å²) >= 11 is 6.20. The maximum atomic E-state index is 5.89. The first-order chi connectivity index (χ1) is 8.19. The highest BCUT2D eigenvalue weighted by atomic mass is 32.2. The molecule has 96 valence electrons. The maximum Gasteiger partial charge on any atom is 0.119 e. The second-order valence-electron chi connectivity index (χ2n) is 4.33. The molecule has 0 aromatic heterocycles. The molecule has 1 aromatic rings. The monoisotopic (exact) mass is 270 g/mol. The predicted octanol–water partition coefficient (Wildman–Crippen LogP) is 4.52. The molecule has 0 heterocycles. The topological polar surface area (TPSA) is 9.23 Å². The van der Waals surface area contributed by atoms with Gasteiger partial charge in [-0.3, -0.25) is 0 Å². The lowest BCUT2D eigenvalue weighted by molar-refractivity contribution is 0.157. The van der Waals surface area contributed by atoms with Gasteiger partial charge in [0.25, 0.3) is 0 Å². The van der Waals surface area contributed by atoms with E-state index in [9.17, 15) is 0 Å². The highest BCUT2D eigenvalue weighted by molar-refractivity contribution is 7.98. The zero-order chi connectivity index (χ0) is 12.7. The van der Waals surface area contributed by atoms with E-state index in [2.05, 4.69) is 44.9 Å². The minimum Gasteiger partial charge on any atom is -0.493 e. The van der Waals surface area contributed by atoms with Crippen LogP contribution in [0.4, 0.5) is 0 Å². The molecular formula is C14H22OS2. The van der Waals surface area contributed by atoms with E-state index in [1.807, 2.05) is 12.1 Å². The van der Waals surface area contributed by atoms with Crippen LogP contribution in [0, 0.1) is 5.41 Å². The molecule has 1 nitrogen and oxygen atoms in total. The van der Waals surface area contributed by atoms with Gasteiger partial charge in [0.1, 0.15) is 5.75 Å². The normalized spacial score (nSPS) is 11.5. The van der Waals surface area contributed by atoms with Gasteiger partial charge in [-0.15, -0.1) is 11.8 Å². The van der Waals surface area contributed by atoms with E-state index >= 15 is 0 Å². The van der Waals surface area contributed by atoms with Gasteiger partial charge >= 0.3 is 0 Å². The molecule has 0 saturated heterocycles. The Morgan fingerprint density at radius 1 is 1.18 bits per heavy atom. The van der Waals surface area contributed by atoms with Gasteiger partial charge in [0.05, 0.1) is 6.61 Å². The first-order valence-electron chi connectivity index (χ1n) is 6.07. The lowest BCUT2D eigenvalue weighted by Crippen LogP contribution is -2.29. The Labute approximate surface area is 115 Å². The van der Waals surface area contributed by atoms with Gasteiger partial charge in [-0.05, 0) is 49.1 Å². The van der Waals surface area contributed by atoms with Crippen LogP contribution in [-0.2, 0) is 0 Å². The molecule has 17 heavy (non-hydrogen) atoms. The van der Waals surface area contributed by atoms with E-state index in [-0.39, 0.29) is 5.41 Å². The van der Waals surface area contributed by atoms with E-state index in [1.165, 1.54) is 4.90 Å². The van der Waals surface area contributed by atoms with Crippen molar-refractivity contribution in [1.29, 1.82) is 0 Å². The number of ether oxygens (including phenoxy) is 1. The first-order valence-corrected chi connectivity index (χ1v) is 7.93. The van der Waals surface area contributed by atoms with Crippen LogP contribution in [0.2, 0.25) is 0 Å². The van der Waals surface area contributed by atoms with E-state index in [1.54, 1.807) is 11.8 Å². The molecule has 0 fully saturated rings. The SMILES string of the molecule is CCC(CC)(CS)COc1ccc(SC)cc1. The summed E-state index contributed by atoms with van der Waals surface area (Å²) < 4.78 is 5.89. The van der Waals surface area contributed by atoms with Crippen LogP contribution in [-0.4, -0.2) is 18.6 Å². The van der Waals surface area contributed by atoms with Crippen molar-refractivity contribution in [2.75, 3.05) is 18.6 Å². The van der Waals surface area contributed by atoms with Crippen LogP contribution in [0.3, 0.4) is 0 Å². The van der Waals surface area contributed by atoms with Gasteiger partial charge in [0.2, 0.25) is 0 Å². The molecule has 0 radical (unpaired) electrons. The number of thioether (sulfide) groups is 1. The largest absolute Gasteiger partial charge is 0.493 e. The molecule has 0 N–H and O–H groups in total. The van der Waals surface area contributed by atoms with Crippen molar-refractivity contribution in [3.63, 3.8) is 0 Å². The smallest absolute Gasteiger partial charge is 0.119 e. The third kappa shape index (κ3) is 4.14. The fraction of sp³-hybridized carbons (Fsp3) is 0.571. The zero-order valence-electron chi connectivity index (χ0n) is 10.9. The molecular weight excluding hydrogens is 248 g/mol. The standard InChI is InChI=1S/C14H22OS2/c1-4-14(5-2,11-16)10-15-12-6-8-13(17-3)9-7-12/h6-9,16H,4-5,10-11H2,1-3H3. The minimum absolute atomic E-state index is 0.210. The lowest BCUT2D eigenvalue weighted by atomic mass is 9.85. The van der Waals surface area contributed by atoms with Gasteiger partial charge in [-0.25, -0.2) is 0 Å². The van der Waals surface area contributed by atoms with E-state index in [0.29, 0.717) is 0 Å². The summed E-state index contributed by atoms with van der Waals surface area (Å²) in [5.41, 5.74) is 0.210. The van der Waals surface area contributed by atoms with Crippen molar-refractivity contribution in [2.24, 2.45) is 5.41 Å². The molecule has 0 amide bonds. The van der Waals surface area contributed by atoms with Gasteiger partial charge in [-0.2, -0.15) is 12.6 Å². The molecule has 1 aromatic carbocycles. The molecule has 0 saturated carbocycles. The fourth-order valence-electron chi connectivity index (χ4n) is 1.63. The number of thiol groups is 1. The van der Waals surface area contributed by atoms with Crippen LogP contribution in [0.25, 0.3) is 0 Å². The second-order valence-corrected chi connectivity index (χ2v) is 5.53. The summed E-state index contributed by atoms with van der Waals surface area (Å²) in [7, 11) is 0. The third-order valence-corrected chi connectivity index (χ3v) is 4.85. The number of rotatable bonds is 7. The lowest BCUT2D eigenvalue weighted by Gasteiger charge is -2.29. The zero-order valence-corrected chi connectivity index (χ0v) is 12.6. The summed E-state index contributed by atoms with van der Waals surface area (Å²) in [6.45, 7) is 5.17. The van der Waals surface area contributed by atoms with Gasteiger partial charge in [0, 0.05) is 10.3 Å². The van der Waals surface area contributed by atoms with Crippen LogP contribution in [0.5, 0.6) is 5.75 Å². The van der Waals surface area contributed by atoms with Gasteiger partial charge in [0.15, 0.2) is 0 Å². The molecule has 0 aliphatic heterocycles. The highest BCUT2D eigenvalue weighted by Crippen LogP contribution is 2.29. The Morgan fingerprint density at radius 3 is 2.18 bits per heavy atom. The first kappa shape index (κ1) is 14.8. The van der Waals surface area contributed by atoms with Crippen molar-refractivity contribution in [2.45, 2.75) is 31.6 Å². The predicted molar refractivity (Wildman–Crippen MR) is 80.6 cm³/mol. The Morgan fingerprint density at radius 2 is 1.76 bits per heavy atom. The molecule has 0 unspecified atom stereocenters. The Balaban J connectivity index is 2.59. The van der Waals surface area contributed by atoms with Crippen molar-refractivity contribution in [3.05, 3.63) is 24.3 Å². The van der Waals surface area contributed by atoms with Crippen molar-refractivity contribution >= 4 is 24.4 Å². The molecule has 0 atom stereocenters. The molecule has 0 aliphatic carbocycles. The fourth-order valence-corrected chi connectivity index (χ4v) is 2.58. The summed E-state index contributed by atoms with van der Waals surface area (Å²) in [6.07, 6.45) is 4.29. The van der Waals surface area contributed by atoms with Gasteiger partial charge < -0.3 is 4.74 Å². The molecule has 3 heteroatoms.